The van der Waals surface area contributed by atoms with Gasteiger partial charge in [-0.05, 0) is 30.6 Å². The van der Waals surface area contributed by atoms with Crippen LogP contribution in [0.1, 0.15) is 11.1 Å². The van der Waals surface area contributed by atoms with Crippen molar-refractivity contribution in [2.45, 2.75) is 18.7 Å². The topological polar surface area (TPSA) is 0 Å². The lowest BCUT2D eigenvalue weighted by Gasteiger charge is -2.12. The van der Waals surface area contributed by atoms with E-state index in [1.807, 2.05) is 11.8 Å². The first kappa shape index (κ1) is 10.4. The largest absolute Gasteiger partial charge is 0.160 e. The quantitative estimate of drug-likeness (QED) is 0.696. The summed E-state index contributed by atoms with van der Waals surface area (Å²) in [7, 11) is 0. The summed E-state index contributed by atoms with van der Waals surface area (Å²) in [5.74, 6) is 3.02. The first-order valence-electron chi connectivity index (χ1n) is 5.03. The van der Waals surface area contributed by atoms with E-state index in [2.05, 4.69) is 31.2 Å². The van der Waals surface area contributed by atoms with Gasteiger partial charge in [0.25, 0.3) is 0 Å². The van der Waals surface area contributed by atoms with Crippen molar-refractivity contribution in [3.63, 3.8) is 0 Å². The maximum absolute atomic E-state index is 6.24. The van der Waals surface area contributed by atoms with Crippen molar-refractivity contribution in [1.82, 2.24) is 0 Å². The standard InChI is InChI=1S/C12H15ClS/c1-9-2-4-10(5-3-9)6-11-7-14-8-12(11)13/h2-5,11-12H,6-8H2,1H3. The minimum Gasteiger partial charge on any atom is -0.160 e. The second-order valence-electron chi connectivity index (χ2n) is 4.00. The third-order valence-electron chi connectivity index (χ3n) is 2.74. The van der Waals surface area contributed by atoms with Crippen LogP contribution < -0.4 is 0 Å². The summed E-state index contributed by atoms with van der Waals surface area (Å²) in [6.45, 7) is 2.12. The monoisotopic (exact) mass is 226 g/mol. The lowest BCUT2D eigenvalue weighted by atomic mass is 9.98. The Morgan fingerprint density at radius 2 is 2.00 bits per heavy atom. The molecule has 1 aromatic rings. The van der Waals surface area contributed by atoms with E-state index < -0.39 is 0 Å². The summed E-state index contributed by atoms with van der Waals surface area (Å²) in [6.07, 6.45) is 1.14. The number of halogens is 1. The summed E-state index contributed by atoms with van der Waals surface area (Å²) >= 11 is 8.22. The van der Waals surface area contributed by atoms with Gasteiger partial charge in [0.1, 0.15) is 0 Å². The highest BCUT2D eigenvalue weighted by Crippen LogP contribution is 2.30. The molecule has 1 heterocycles. The third kappa shape index (κ3) is 2.46. The molecular formula is C12H15ClS. The highest BCUT2D eigenvalue weighted by atomic mass is 35.5. The van der Waals surface area contributed by atoms with Gasteiger partial charge in [0.15, 0.2) is 0 Å². The average molecular weight is 227 g/mol. The van der Waals surface area contributed by atoms with Crippen molar-refractivity contribution >= 4 is 23.4 Å². The van der Waals surface area contributed by atoms with E-state index in [9.17, 15) is 0 Å². The van der Waals surface area contributed by atoms with E-state index in [1.165, 1.54) is 16.9 Å². The summed E-state index contributed by atoms with van der Waals surface area (Å²) in [5.41, 5.74) is 2.76. The molecule has 1 aliphatic rings. The third-order valence-corrected chi connectivity index (χ3v) is 4.69. The van der Waals surface area contributed by atoms with Gasteiger partial charge in [0, 0.05) is 11.1 Å². The molecule has 1 aliphatic heterocycles. The molecular weight excluding hydrogens is 212 g/mol. The Bertz CT molecular complexity index is 294. The summed E-state index contributed by atoms with van der Waals surface area (Å²) in [5, 5.41) is 0.376. The van der Waals surface area contributed by atoms with Crippen LogP contribution in [-0.4, -0.2) is 16.9 Å². The first-order valence-corrected chi connectivity index (χ1v) is 6.62. The predicted octanol–water partition coefficient (Wildman–Crippen LogP) is 3.51. The smallest absolute Gasteiger partial charge is 0.0465 e. The van der Waals surface area contributed by atoms with Crippen LogP contribution in [0.15, 0.2) is 24.3 Å². The normalized spacial score (nSPS) is 26.7. The Hall–Kier alpha value is -0.140. The molecule has 0 saturated carbocycles. The summed E-state index contributed by atoms with van der Waals surface area (Å²) < 4.78 is 0. The molecule has 0 radical (unpaired) electrons. The van der Waals surface area contributed by atoms with Gasteiger partial charge < -0.3 is 0 Å². The van der Waals surface area contributed by atoms with Crippen molar-refractivity contribution in [1.29, 1.82) is 0 Å². The second kappa shape index (κ2) is 4.59. The van der Waals surface area contributed by atoms with Gasteiger partial charge in [0.2, 0.25) is 0 Å². The Balaban J connectivity index is 2.00. The molecule has 0 N–H and O–H groups in total. The fourth-order valence-corrected chi connectivity index (χ4v) is 3.62. The molecule has 2 unspecified atom stereocenters. The van der Waals surface area contributed by atoms with Crippen molar-refractivity contribution in [2.24, 2.45) is 5.92 Å². The van der Waals surface area contributed by atoms with Crippen molar-refractivity contribution in [3.05, 3.63) is 35.4 Å². The highest BCUT2D eigenvalue weighted by molar-refractivity contribution is 7.99. The molecule has 1 aromatic carbocycles. The fraction of sp³-hybridized carbons (Fsp3) is 0.500. The molecule has 2 heteroatoms. The van der Waals surface area contributed by atoms with Gasteiger partial charge in [-0.3, -0.25) is 0 Å². The van der Waals surface area contributed by atoms with Crippen LogP contribution in [0, 0.1) is 12.8 Å². The number of aryl methyl sites for hydroxylation is 1. The first-order chi connectivity index (χ1) is 6.75. The molecule has 0 aromatic heterocycles. The van der Waals surface area contributed by atoms with Gasteiger partial charge >= 0.3 is 0 Å². The molecule has 0 nitrogen and oxygen atoms in total. The average Bonchev–Trinajstić information content (AvgIpc) is 2.56. The van der Waals surface area contributed by atoms with Crippen LogP contribution in [0.2, 0.25) is 0 Å². The molecule has 0 spiro atoms. The van der Waals surface area contributed by atoms with Crippen molar-refractivity contribution in [2.75, 3.05) is 11.5 Å². The number of hydrogen-bond donors (Lipinski definition) is 0. The van der Waals surface area contributed by atoms with E-state index in [0.717, 1.165) is 12.2 Å². The molecule has 1 fully saturated rings. The number of rotatable bonds is 2. The number of benzene rings is 1. The zero-order valence-electron chi connectivity index (χ0n) is 8.37. The molecule has 0 bridgehead atoms. The van der Waals surface area contributed by atoms with Crippen LogP contribution in [0.3, 0.4) is 0 Å². The fourth-order valence-electron chi connectivity index (χ4n) is 1.79. The lowest BCUT2D eigenvalue weighted by molar-refractivity contribution is 0.603. The maximum Gasteiger partial charge on any atom is 0.0465 e. The van der Waals surface area contributed by atoms with Crippen molar-refractivity contribution < 1.29 is 0 Å². The van der Waals surface area contributed by atoms with E-state index in [-0.39, 0.29) is 0 Å². The molecule has 2 atom stereocenters. The van der Waals surface area contributed by atoms with Gasteiger partial charge in [-0.25, -0.2) is 0 Å². The Labute approximate surface area is 95.0 Å². The van der Waals surface area contributed by atoms with Gasteiger partial charge in [-0.2, -0.15) is 11.8 Å². The van der Waals surface area contributed by atoms with Gasteiger partial charge in [-0.1, -0.05) is 29.8 Å². The number of alkyl halides is 1. The molecule has 1 saturated heterocycles. The van der Waals surface area contributed by atoms with Gasteiger partial charge in [0.05, 0.1) is 0 Å². The minimum absolute atomic E-state index is 0.376. The summed E-state index contributed by atoms with van der Waals surface area (Å²) in [4.78, 5) is 0. The molecule has 0 aliphatic carbocycles. The van der Waals surface area contributed by atoms with Crippen LogP contribution in [0.5, 0.6) is 0 Å². The number of thioether (sulfide) groups is 1. The summed E-state index contributed by atoms with van der Waals surface area (Å²) in [6, 6.07) is 8.81. The highest BCUT2D eigenvalue weighted by Gasteiger charge is 2.25. The van der Waals surface area contributed by atoms with Crippen LogP contribution >= 0.6 is 23.4 Å². The van der Waals surface area contributed by atoms with E-state index >= 15 is 0 Å². The maximum atomic E-state index is 6.24. The predicted molar refractivity (Wildman–Crippen MR) is 65.3 cm³/mol. The van der Waals surface area contributed by atoms with Gasteiger partial charge in [-0.15, -0.1) is 11.6 Å². The number of hydrogen-bond acceptors (Lipinski definition) is 1. The van der Waals surface area contributed by atoms with E-state index in [4.69, 9.17) is 11.6 Å². The molecule has 14 heavy (non-hydrogen) atoms. The van der Waals surface area contributed by atoms with Crippen LogP contribution in [0.4, 0.5) is 0 Å². The Morgan fingerprint density at radius 3 is 2.57 bits per heavy atom. The second-order valence-corrected chi connectivity index (χ2v) is 5.64. The van der Waals surface area contributed by atoms with Crippen LogP contribution in [0.25, 0.3) is 0 Å². The van der Waals surface area contributed by atoms with E-state index in [0.29, 0.717) is 11.3 Å². The minimum atomic E-state index is 0.376. The zero-order chi connectivity index (χ0) is 9.97. The van der Waals surface area contributed by atoms with E-state index in [1.54, 1.807) is 0 Å². The Morgan fingerprint density at radius 1 is 1.29 bits per heavy atom. The molecule has 76 valence electrons. The van der Waals surface area contributed by atoms with Crippen molar-refractivity contribution in [3.8, 4) is 0 Å². The lowest BCUT2D eigenvalue weighted by Crippen LogP contribution is -2.14. The molecule has 0 amide bonds. The zero-order valence-corrected chi connectivity index (χ0v) is 9.94. The Kier molecular flexibility index (Phi) is 3.40. The van der Waals surface area contributed by atoms with Crippen LogP contribution in [-0.2, 0) is 6.42 Å². The SMILES string of the molecule is Cc1ccc(CC2CSCC2Cl)cc1. The molecule has 2 rings (SSSR count).